The summed E-state index contributed by atoms with van der Waals surface area (Å²) in [6.07, 6.45) is -6.74. The third kappa shape index (κ3) is 8.72. The monoisotopic (exact) mass is 642 g/mol. The van der Waals surface area contributed by atoms with Crippen molar-refractivity contribution in [2.45, 2.75) is 50.9 Å². The number of carbonyl (C=O) groups is 3. The van der Waals surface area contributed by atoms with Crippen LogP contribution < -0.4 is 16.0 Å². The van der Waals surface area contributed by atoms with E-state index in [0.29, 0.717) is 10.5 Å². The first-order chi connectivity index (χ1) is 20.6. The van der Waals surface area contributed by atoms with Crippen LogP contribution in [0.15, 0.2) is 53.5 Å². The van der Waals surface area contributed by atoms with E-state index in [-0.39, 0.29) is 30.0 Å². The molecular weight excluding hydrogens is 611 g/mol. The number of carbonyl (C=O) groups excluding carboxylic acids is 3. The van der Waals surface area contributed by atoms with Crippen LogP contribution in [0.2, 0.25) is 0 Å². The number of aliphatic imine (C=N–C) groups is 1. The van der Waals surface area contributed by atoms with Gasteiger partial charge in [0.25, 0.3) is 5.91 Å². The Balaban J connectivity index is 1.75. The molecule has 2 aromatic rings. The number of amides is 3. The molecule has 1 heterocycles. The van der Waals surface area contributed by atoms with Gasteiger partial charge in [-0.1, -0.05) is 55.3 Å². The van der Waals surface area contributed by atoms with Gasteiger partial charge in [-0.3, -0.25) is 23.8 Å². The molecule has 1 saturated carbocycles. The standard InChI is InChI=1S/C28H31F4N4O7P/c29-21-10-4-8-19-22(17-6-2-1-3-7-17)34-25(27(39)36(23(19)21)15-43-44(40,41)42)35-26(38)18(9-5-13-28(30,31)32)20(24(33)37)14-16-11-12-16/h1-4,6-8,10,16,18,20,25H,5,9,11-15H2,(H2,33,37)(H,35,38)(H2,40,41,42)/t18-,20+,25-/m1/s1. The first-order valence-electron chi connectivity index (χ1n) is 13.7. The van der Waals surface area contributed by atoms with Crippen molar-refractivity contribution < 1.29 is 50.8 Å². The van der Waals surface area contributed by atoms with Crippen LogP contribution in [0.3, 0.4) is 0 Å². The van der Waals surface area contributed by atoms with Gasteiger partial charge >= 0.3 is 14.0 Å². The summed E-state index contributed by atoms with van der Waals surface area (Å²) in [4.78, 5) is 63.5. The molecule has 0 spiro atoms. The van der Waals surface area contributed by atoms with Crippen molar-refractivity contribution in [3.05, 3.63) is 65.5 Å². The Morgan fingerprint density at radius 2 is 1.80 bits per heavy atom. The smallest absolute Gasteiger partial charge is 0.369 e. The van der Waals surface area contributed by atoms with E-state index in [1.165, 1.54) is 12.1 Å². The predicted octanol–water partition coefficient (Wildman–Crippen LogP) is 3.77. The third-order valence-corrected chi connectivity index (χ3v) is 7.85. The van der Waals surface area contributed by atoms with E-state index in [1.807, 2.05) is 0 Å². The number of halogens is 4. The van der Waals surface area contributed by atoms with Gasteiger partial charge < -0.3 is 20.8 Å². The number of nitrogens with two attached hydrogens (primary N) is 1. The van der Waals surface area contributed by atoms with Crippen molar-refractivity contribution in [3.63, 3.8) is 0 Å². The van der Waals surface area contributed by atoms with Gasteiger partial charge in [0, 0.05) is 29.4 Å². The van der Waals surface area contributed by atoms with Gasteiger partial charge in [-0.25, -0.2) is 13.9 Å². The van der Waals surface area contributed by atoms with Gasteiger partial charge in [0.2, 0.25) is 18.0 Å². The lowest BCUT2D eigenvalue weighted by atomic mass is 9.82. The maximum absolute atomic E-state index is 15.3. The highest BCUT2D eigenvalue weighted by molar-refractivity contribution is 7.46. The fourth-order valence-electron chi connectivity index (χ4n) is 5.14. The fraction of sp³-hybridized carbons (Fsp3) is 0.429. The lowest BCUT2D eigenvalue weighted by Crippen LogP contribution is -2.51. The Morgan fingerprint density at radius 1 is 1.11 bits per heavy atom. The molecule has 11 nitrogen and oxygen atoms in total. The number of fused-ring (bicyclic) bond motifs is 1. The Hall–Kier alpha value is -3.65. The second-order valence-electron chi connectivity index (χ2n) is 10.7. The van der Waals surface area contributed by atoms with Crippen LogP contribution in [0.5, 0.6) is 0 Å². The average molecular weight is 643 g/mol. The van der Waals surface area contributed by atoms with Crippen LogP contribution in [-0.4, -0.2) is 52.3 Å². The van der Waals surface area contributed by atoms with E-state index in [1.54, 1.807) is 30.3 Å². The summed E-state index contributed by atoms with van der Waals surface area (Å²) in [5.41, 5.74) is 5.59. The van der Waals surface area contributed by atoms with Crippen LogP contribution in [0.4, 0.5) is 23.2 Å². The molecule has 0 aromatic heterocycles. The van der Waals surface area contributed by atoms with Gasteiger partial charge in [-0.15, -0.1) is 0 Å². The van der Waals surface area contributed by atoms with E-state index in [9.17, 15) is 41.9 Å². The van der Waals surface area contributed by atoms with E-state index >= 15 is 4.39 Å². The van der Waals surface area contributed by atoms with Gasteiger partial charge in [0.1, 0.15) is 12.5 Å². The van der Waals surface area contributed by atoms with Crippen LogP contribution in [0, 0.1) is 23.6 Å². The zero-order valence-electron chi connectivity index (χ0n) is 23.2. The van der Waals surface area contributed by atoms with Crippen LogP contribution in [-0.2, 0) is 23.5 Å². The lowest BCUT2D eigenvalue weighted by Gasteiger charge is -2.28. The largest absolute Gasteiger partial charge is 0.471 e. The first kappa shape index (κ1) is 33.2. The van der Waals surface area contributed by atoms with Gasteiger partial charge in [0.15, 0.2) is 0 Å². The fourth-order valence-corrected chi connectivity index (χ4v) is 5.41. The van der Waals surface area contributed by atoms with Gasteiger partial charge in [-0.05, 0) is 31.2 Å². The molecule has 1 fully saturated rings. The second-order valence-corrected chi connectivity index (χ2v) is 11.9. The SMILES string of the molecule is NC(=O)[C@@H](CC1CC1)[C@@H](CCCC(F)(F)F)C(=O)N[C@H]1N=C(c2ccccc2)c2cccc(F)c2N(COP(=O)(O)O)C1=O. The van der Waals surface area contributed by atoms with Crippen molar-refractivity contribution in [1.29, 1.82) is 0 Å². The van der Waals surface area contributed by atoms with E-state index in [2.05, 4.69) is 14.8 Å². The van der Waals surface area contributed by atoms with Crippen molar-refractivity contribution >= 4 is 36.9 Å². The van der Waals surface area contributed by atoms with Crippen molar-refractivity contribution in [2.75, 3.05) is 11.6 Å². The number of benzodiazepines with no additional fused rings is 1. The third-order valence-electron chi connectivity index (χ3n) is 7.40. The molecule has 5 N–H and O–H groups in total. The first-order valence-corrected chi connectivity index (χ1v) is 15.3. The minimum Gasteiger partial charge on any atom is -0.369 e. The number of para-hydroxylation sites is 1. The number of hydrogen-bond acceptors (Lipinski definition) is 6. The molecular formula is C28H31F4N4O7P. The Morgan fingerprint density at radius 3 is 2.39 bits per heavy atom. The Kier molecular flexibility index (Phi) is 10.2. The van der Waals surface area contributed by atoms with E-state index in [4.69, 9.17) is 5.73 Å². The topological polar surface area (TPSA) is 172 Å². The summed E-state index contributed by atoms with van der Waals surface area (Å²) >= 11 is 0. The van der Waals surface area contributed by atoms with Crippen LogP contribution in [0.25, 0.3) is 0 Å². The quantitative estimate of drug-likeness (QED) is 0.190. The molecule has 1 aliphatic heterocycles. The average Bonchev–Trinajstić information content (AvgIpc) is 3.77. The molecule has 238 valence electrons. The normalized spacial score (nSPS) is 18.6. The highest BCUT2D eigenvalue weighted by atomic mass is 31.2. The second kappa shape index (κ2) is 13.6. The number of alkyl halides is 3. The molecule has 2 aliphatic rings. The number of hydrogen-bond donors (Lipinski definition) is 4. The number of benzene rings is 2. The summed E-state index contributed by atoms with van der Waals surface area (Å²) in [6, 6.07) is 11.9. The Bertz CT molecular complexity index is 1460. The highest BCUT2D eigenvalue weighted by Gasteiger charge is 2.41. The molecule has 4 rings (SSSR count). The van der Waals surface area contributed by atoms with Crippen molar-refractivity contribution in [3.8, 4) is 0 Å². The maximum atomic E-state index is 15.3. The molecule has 0 radical (unpaired) electrons. The number of rotatable bonds is 13. The summed E-state index contributed by atoms with van der Waals surface area (Å²) in [6.45, 7) is -1.14. The maximum Gasteiger partial charge on any atom is 0.471 e. The minimum atomic E-state index is -5.18. The number of phosphoric acid groups is 1. The van der Waals surface area contributed by atoms with Crippen molar-refractivity contribution in [2.24, 2.45) is 28.5 Å². The predicted molar refractivity (Wildman–Crippen MR) is 149 cm³/mol. The zero-order chi connectivity index (χ0) is 32.2. The number of phosphoric ester groups is 1. The summed E-state index contributed by atoms with van der Waals surface area (Å²) in [5, 5.41) is 2.39. The number of nitrogens with zero attached hydrogens (tertiary/aromatic N) is 2. The highest BCUT2D eigenvalue weighted by Crippen LogP contribution is 2.40. The lowest BCUT2D eigenvalue weighted by molar-refractivity contribution is -0.140. The van der Waals surface area contributed by atoms with Gasteiger partial charge in [0.05, 0.1) is 11.4 Å². The molecule has 1 aliphatic carbocycles. The van der Waals surface area contributed by atoms with Gasteiger partial charge in [-0.2, -0.15) is 13.2 Å². The number of nitrogens with one attached hydrogen (secondary N) is 1. The van der Waals surface area contributed by atoms with Crippen molar-refractivity contribution in [1.82, 2.24) is 5.32 Å². The van der Waals surface area contributed by atoms with E-state index in [0.717, 1.165) is 18.9 Å². The molecule has 3 atom stereocenters. The van der Waals surface area contributed by atoms with Crippen LogP contribution in [0.1, 0.15) is 49.7 Å². The summed E-state index contributed by atoms with van der Waals surface area (Å²) < 4.78 is 70.3. The zero-order valence-corrected chi connectivity index (χ0v) is 24.1. The summed E-state index contributed by atoms with van der Waals surface area (Å²) in [7, 11) is -5.18. The molecule has 3 amide bonds. The molecule has 0 unspecified atom stereocenters. The Labute approximate surface area is 249 Å². The molecule has 0 saturated heterocycles. The summed E-state index contributed by atoms with van der Waals surface area (Å²) in [5.74, 6) is -6.38. The molecule has 2 aromatic carbocycles. The molecule has 0 bridgehead atoms. The van der Waals surface area contributed by atoms with E-state index < -0.39 is 80.8 Å². The minimum absolute atomic E-state index is 0.0236. The number of primary amides is 1. The molecule has 44 heavy (non-hydrogen) atoms. The number of anilines is 1. The molecule has 16 heteroatoms. The van der Waals surface area contributed by atoms with Crippen LogP contribution >= 0.6 is 7.82 Å².